The largest absolute Gasteiger partial charge is 0.370 e. The van der Waals surface area contributed by atoms with Crippen molar-refractivity contribution in [1.82, 2.24) is 0 Å². The Bertz CT molecular complexity index is 318. The van der Waals surface area contributed by atoms with E-state index in [0.29, 0.717) is 11.0 Å². The lowest BCUT2D eigenvalue weighted by atomic mass is 10.2. The molecule has 0 bridgehead atoms. The summed E-state index contributed by atoms with van der Waals surface area (Å²) in [7, 11) is 2.06. The van der Waals surface area contributed by atoms with Gasteiger partial charge in [-0.1, -0.05) is 0 Å². The lowest BCUT2D eigenvalue weighted by Gasteiger charge is -2.27. The minimum atomic E-state index is -3.56. The van der Waals surface area contributed by atoms with Crippen LogP contribution in [0.25, 0.3) is 0 Å². The highest BCUT2D eigenvalue weighted by atomic mass is 32.2. The lowest BCUT2D eigenvalue weighted by Crippen LogP contribution is -2.44. The predicted octanol–water partition coefficient (Wildman–Crippen LogP) is -1.09. The molecule has 0 saturated carbocycles. The van der Waals surface area contributed by atoms with Crippen LogP contribution in [0.2, 0.25) is 0 Å². The molecule has 0 fully saturated rings. The maximum atomic E-state index is 10.9. The van der Waals surface area contributed by atoms with Gasteiger partial charge in [0.25, 0.3) is 10.1 Å². The summed E-state index contributed by atoms with van der Waals surface area (Å²) in [5.41, 5.74) is 5.01. The first-order valence-corrected chi connectivity index (χ1v) is 6.28. The van der Waals surface area contributed by atoms with Crippen molar-refractivity contribution in [3.63, 3.8) is 0 Å². The van der Waals surface area contributed by atoms with Gasteiger partial charge in [0, 0.05) is 0 Å². The van der Waals surface area contributed by atoms with Crippen LogP contribution < -0.4 is 5.73 Å². The Morgan fingerprint density at radius 1 is 1.40 bits per heavy atom. The molecule has 7 heteroatoms. The zero-order valence-corrected chi connectivity index (χ0v) is 10.4. The average molecular weight is 239 g/mol. The fourth-order valence-electron chi connectivity index (χ4n) is 1.21. The van der Waals surface area contributed by atoms with Crippen LogP contribution in [0.15, 0.2) is 0 Å². The van der Waals surface area contributed by atoms with E-state index in [0.717, 1.165) is 6.26 Å². The highest BCUT2D eigenvalue weighted by Crippen LogP contribution is 2.07. The van der Waals surface area contributed by atoms with Crippen LogP contribution in [-0.4, -0.2) is 58.9 Å². The van der Waals surface area contributed by atoms with Crippen molar-refractivity contribution in [3.05, 3.63) is 0 Å². The summed E-state index contributed by atoms with van der Waals surface area (Å²) >= 11 is 0. The Hall–Kier alpha value is -0.660. The van der Waals surface area contributed by atoms with E-state index in [1.54, 1.807) is 0 Å². The van der Waals surface area contributed by atoms with Gasteiger partial charge in [-0.25, -0.2) is 0 Å². The molecule has 90 valence electrons. The van der Waals surface area contributed by atoms with E-state index in [1.165, 1.54) is 0 Å². The molecular weight excluding hydrogens is 220 g/mol. The molecule has 0 aromatic heterocycles. The molecule has 0 aliphatic heterocycles. The van der Waals surface area contributed by atoms with Crippen LogP contribution in [0, 0.1) is 0 Å². The number of amides is 1. The first-order chi connectivity index (χ1) is 6.49. The average Bonchev–Trinajstić information content (AvgIpc) is 1.73. The Balaban J connectivity index is 4.53. The van der Waals surface area contributed by atoms with Crippen molar-refractivity contribution in [3.8, 4) is 0 Å². The highest BCUT2D eigenvalue weighted by molar-refractivity contribution is 7.86. The molecule has 1 atom stereocenters. The number of rotatable bonds is 6. The molecule has 15 heavy (non-hydrogen) atoms. The maximum absolute atomic E-state index is 10.9. The Kier molecular flexibility index (Phi) is 4.69. The summed E-state index contributed by atoms with van der Waals surface area (Å²) < 4.78 is 27.1. The Labute approximate surface area is 90.7 Å². The number of quaternary nitrogens is 1. The van der Waals surface area contributed by atoms with Crippen molar-refractivity contribution >= 4 is 16.0 Å². The molecule has 0 heterocycles. The molecule has 0 aliphatic rings. The Morgan fingerprint density at radius 2 is 1.87 bits per heavy atom. The molecule has 0 spiro atoms. The van der Waals surface area contributed by atoms with E-state index in [1.807, 2.05) is 21.1 Å². The van der Waals surface area contributed by atoms with Gasteiger partial charge in [-0.2, -0.15) is 8.42 Å². The summed E-state index contributed by atoms with van der Waals surface area (Å²) in [4.78, 5) is 10.7. The van der Waals surface area contributed by atoms with Crippen molar-refractivity contribution in [2.75, 3.05) is 33.9 Å². The number of hydrogen-bond donors (Lipinski definition) is 1. The van der Waals surface area contributed by atoms with Crippen LogP contribution >= 0.6 is 0 Å². The third-order valence-electron chi connectivity index (χ3n) is 1.49. The van der Waals surface area contributed by atoms with Crippen molar-refractivity contribution in [2.45, 2.75) is 12.5 Å². The van der Waals surface area contributed by atoms with Gasteiger partial charge >= 0.3 is 0 Å². The van der Waals surface area contributed by atoms with Gasteiger partial charge in [0.05, 0.1) is 33.8 Å². The SMILES string of the molecule is C[N+](C)(C)CC(CC(N)=O)OS(C)(=O)=O. The van der Waals surface area contributed by atoms with E-state index in [4.69, 9.17) is 9.92 Å². The normalized spacial score (nSPS) is 14.9. The number of nitrogens with zero attached hydrogens (tertiary/aromatic N) is 1. The zero-order valence-electron chi connectivity index (χ0n) is 9.56. The molecule has 2 N–H and O–H groups in total. The fourth-order valence-corrected chi connectivity index (χ4v) is 1.83. The number of likely N-dealkylation sites (N-methyl/N-ethyl adjacent to an activating group) is 1. The first-order valence-electron chi connectivity index (χ1n) is 4.46. The second-order valence-electron chi connectivity index (χ2n) is 4.57. The minimum Gasteiger partial charge on any atom is -0.370 e. The number of primary amides is 1. The summed E-state index contributed by atoms with van der Waals surface area (Å²) in [5, 5.41) is 0. The van der Waals surface area contributed by atoms with Gasteiger partial charge in [0.1, 0.15) is 12.6 Å². The molecule has 1 amide bonds. The van der Waals surface area contributed by atoms with Gasteiger partial charge in [-0.3, -0.25) is 8.98 Å². The molecule has 0 aliphatic carbocycles. The van der Waals surface area contributed by atoms with E-state index < -0.39 is 22.1 Å². The molecule has 0 radical (unpaired) electrons. The van der Waals surface area contributed by atoms with Crippen molar-refractivity contribution < 1.29 is 21.9 Å². The van der Waals surface area contributed by atoms with Crippen LogP contribution in [-0.2, 0) is 19.1 Å². The second kappa shape index (κ2) is 4.91. The van der Waals surface area contributed by atoms with Gasteiger partial charge in [0.15, 0.2) is 0 Å². The molecule has 0 aromatic rings. The molecular formula is C8H19N2O4S+. The van der Waals surface area contributed by atoms with Crippen LogP contribution in [0.3, 0.4) is 0 Å². The molecule has 0 aromatic carbocycles. The molecule has 6 nitrogen and oxygen atoms in total. The van der Waals surface area contributed by atoms with Crippen LogP contribution in [0.1, 0.15) is 6.42 Å². The van der Waals surface area contributed by atoms with E-state index >= 15 is 0 Å². The standard InChI is InChI=1S/C8H18N2O4S/c1-10(2,3)6-7(5-8(9)11)14-15(4,12)13/h7H,5-6H2,1-4H3,(H-,9,11)/p+1. The van der Waals surface area contributed by atoms with E-state index in [-0.39, 0.29) is 6.42 Å². The number of hydrogen-bond acceptors (Lipinski definition) is 4. The second-order valence-corrected chi connectivity index (χ2v) is 6.17. The lowest BCUT2D eigenvalue weighted by molar-refractivity contribution is -0.873. The predicted molar refractivity (Wildman–Crippen MR) is 56.4 cm³/mol. The molecule has 0 rings (SSSR count). The third kappa shape index (κ3) is 9.64. The fraction of sp³-hybridized carbons (Fsp3) is 0.875. The van der Waals surface area contributed by atoms with Crippen LogP contribution in [0.4, 0.5) is 0 Å². The quantitative estimate of drug-likeness (QED) is 0.471. The van der Waals surface area contributed by atoms with Gasteiger partial charge in [0.2, 0.25) is 5.91 Å². The summed E-state index contributed by atoms with van der Waals surface area (Å²) in [5.74, 6) is -0.572. The first kappa shape index (κ1) is 14.3. The maximum Gasteiger partial charge on any atom is 0.264 e. The number of carbonyl (C=O) groups excluding carboxylic acids is 1. The number of carbonyl (C=O) groups is 1. The summed E-state index contributed by atoms with van der Waals surface area (Å²) in [6.07, 6.45) is 0.164. The van der Waals surface area contributed by atoms with Gasteiger partial charge < -0.3 is 10.2 Å². The smallest absolute Gasteiger partial charge is 0.264 e. The monoisotopic (exact) mass is 239 g/mol. The van der Waals surface area contributed by atoms with Crippen LogP contribution in [0.5, 0.6) is 0 Å². The highest BCUT2D eigenvalue weighted by Gasteiger charge is 2.24. The summed E-state index contributed by atoms with van der Waals surface area (Å²) in [6.45, 7) is 0.399. The Morgan fingerprint density at radius 3 is 2.13 bits per heavy atom. The van der Waals surface area contributed by atoms with Gasteiger partial charge in [-0.15, -0.1) is 0 Å². The molecule has 1 unspecified atom stereocenters. The van der Waals surface area contributed by atoms with Gasteiger partial charge in [-0.05, 0) is 0 Å². The minimum absolute atomic E-state index is 0.0947. The van der Waals surface area contributed by atoms with E-state index in [2.05, 4.69) is 0 Å². The molecule has 0 saturated heterocycles. The van der Waals surface area contributed by atoms with Crippen molar-refractivity contribution in [2.24, 2.45) is 5.73 Å². The topological polar surface area (TPSA) is 86.5 Å². The van der Waals surface area contributed by atoms with Crippen molar-refractivity contribution in [1.29, 1.82) is 0 Å². The number of nitrogens with two attached hydrogens (primary N) is 1. The summed E-state index contributed by atoms with van der Waals surface area (Å²) in [6, 6.07) is 0. The van der Waals surface area contributed by atoms with E-state index in [9.17, 15) is 13.2 Å². The third-order valence-corrected chi connectivity index (χ3v) is 2.11. The zero-order chi connectivity index (χ0) is 12.3.